The van der Waals surface area contributed by atoms with Gasteiger partial charge in [0.15, 0.2) is 0 Å². The molecule has 0 bridgehead atoms. The first-order valence-corrected chi connectivity index (χ1v) is 5.23. The van der Waals surface area contributed by atoms with E-state index in [1.165, 1.54) is 0 Å². The number of hydrogen-bond donors (Lipinski definition) is 3. The van der Waals surface area contributed by atoms with Crippen LogP contribution in [0.25, 0.3) is 10.9 Å². The summed E-state index contributed by atoms with van der Waals surface area (Å²) in [5.41, 5.74) is 7.20. The number of aromatic amines is 1. The summed E-state index contributed by atoms with van der Waals surface area (Å²) in [4.78, 5) is 3.10. The van der Waals surface area contributed by atoms with Crippen LogP contribution < -0.4 is 10.5 Å². The lowest BCUT2D eigenvalue weighted by Gasteiger charge is -2.05. The molecule has 4 N–H and O–H groups in total. The fourth-order valence-corrected chi connectivity index (χ4v) is 2.02. The number of phenols is 1. The van der Waals surface area contributed by atoms with Crippen LogP contribution in [0.3, 0.4) is 0 Å². The number of ether oxygens (including phenoxy) is 1. The average molecular weight is 271 g/mol. The maximum atomic E-state index is 9.89. The molecule has 0 aliphatic carbocycles. The Balaban J connectivity index is 2.75. The van der Waals surface area contributed by atoms with Crippen molar-refractivity contribution in [3.05, 3.63) is 22.3 Å². The lowest BCUT2D eigenvalue weighted by molar-refractivity contribution is 0.405. The highest BCUT2D eigenvalue weighted by atomic mass is 79.9. The molecule has 0 unspecified atom stereocenters. The monoisotopic (exact) mass is 270 g/mol. The highest BCUT2D eigenvalue weighted by Crippen LogP contribution is 2.40. The quantitative estimate of drug-likeness (QED) is 0.783. The van der Waals surface area contributed by atoms with Crippen LogP contribution >= 0.6 is 15.9 Å². The number of H-pyrrole nitrogens is 1. The first kappa shape index (κ1) is 10.3. The molecule has 0 atom stereocenters. The van der Waals surface area contributed by atoms with E-state index in [9.17, 15) is 5.11 Å². The lowest BCUT2D eigenvalue weighted by atomic mass is 10.2. The van der Waals surface area contributed by atoms with Crippen molar-refractivity contribution in [2.45, 2.75) is 6.54 Å². The van der Waals surface area contributed by atoms with Crippen LogP contribution in [0.5, 0.6) is 11.5 Å². The summed E-state index contributed by atoms with van der Waals surface area (Å²) in [7, 11) is 1.55. The van der Waals surface area contributed by atoms with Gasteiger partial charge >= 0.3 is 0 Å². The van der Waals surface area contributed by atoms with E-state index in [0.717, 1.165) is 16.6 Å². The minimum atomic E-state index is 0.167. The number of nitrogens with one attached hydrogen (secondary N) is 1. The Morgan fingerprint density at radius 2 is 2.27 bits per heavy atom. The molecule has 1 heterocycles. The molecule has 80 valence electrons. The van der Waals surface area contributed by atoms with Gasteiger partial charge in [-0.2, -0.15) is 0 Å². The zero-order valence-electron chi connectivity index (χ0n) is 8.17. The summed E-state index contributed by atoms with van der Waals surface area (Å²) in [6.07, 6.45) is 0. The van der Waals surface area contributed by atoms with Gasteiger partial charge in [0.2, 0.25) is 0 Å². The average Bonchev–Trinajstić information content (AvgIpc) is 2.66. The highest BCUT2D eigenvalue weighted by molar-refractivity contribution is 9.10. The maximum absolute atomic E-state index is 9.89. The Hall–Kier alpha value is -1.20. The van der Waals surface area contributed by atoms with Crippen LogP contribution in [0.2, 0.25) is 0 Å². The minimum Gasteiger partial charge on any atom is -0.506 e. The normalized spacial score (nSPS) is 10.9. The Morgan fingerprint density at radius 3 is 2.87 bits per heavy atom. The van der Waals surface area contributed by atoms with Crippen molar-refractivity contribution >= 4 is 26.8 Å². The van der Waals surface area contributed by atoms with Crippen molar-refractivity contribution < 1.29 is 9.84 Å². The second-order valence-electron chi connectivity index (χ2n) is 3.20. The van der Waals surface area contributed by atoms with Crippen LogP contribution in [0, 0.1) is 0 Å². The first-order valence-electron chi connectivity index (χ1n) is 4.44. The molecule has 0 saturated carbocycles. The van der Waals surface area contributed by atoms with Gasteiger partial charge in [0.25, 0.3) is 0 Å². The molecule has 2 aromatic rings. The molecule has 0 fully saturated rings. The molecular weight excluding hydrogens is 260 g/mol. The molecule has 1 aromatic carbocycles. The standard InChI is InChI=1S/C10H11BrN2O2/c1-15-8-3-7-6(10(14)9(8)11)2-5(4-12)13-7/h2-3,13-14H,4,12H2,1H3. The number of aromatic hydroxyl groups is 1. The summed E-state index contributed by atoms with van der Waals surface area (Å²) in [6.45, 7) is 0.411. The SMILES string of the molecule is COc1cc2[nH]c(CN)cc2c(O)c1Br. The summed E-state index contributed by atoms with van der Waals surface area (Å²) in [6, 6.07) is 3.65. The van der Waals surface area contributed by atoms with Gasteiger partial charge in [-0.15, -0.1) is 0 Å². The van der Waals surface area contributed by atoms with Crippen molar-refractivity contribution in [2.75, 3.05) is 7.11 Å². The van der Waals surface area contributed by atoms with Gasteiger partial charge in [-0.1, -0.05) is 0 Å². The van der Waals surface area contributed by atoms with Gasteiger partial charge < -0.3 is 20.6 Å². The summed E-state index contributed by atoms with van der Waals surface area (Å²) < 4.78 is 5.67. The number of halogens is 1. The van der Waals surface area contributed by atoms with E-state index >= 15 is 0 Å². The molecule has 15 heavy (non-hydrogen) atoms. The molecule has 5 heteroatoms. The fraction of sp³-hybridized carbons (Fsp3) is 0.200. The second kappa shape index (κ2) is 3.75. The number of fused-ring (bicyclic) bond motifs is 1. The first-order chi connectivity index (χ1) is 7.17. The summed E-state index contributed by atoms with van der Waals surface area (Å²) in [5, 5.41) is 10.6. The van der Waals surface area contributed by atoms with Crippen LogP contribution in [0.4, 0.5) is 0 Å². The molecule has 0 saturated heterocycles. The molecule has 0 radical (unpaired) electrons. The third-order valence-corrected chi connectivity index (χ3v) is 3.06. The number of aromatic nitrogens is 1. The Morgan fingerprint density at radius 1 is 1.53 bits per heavy atom. The lowest BCUT2D eigenvalue weighted by Crippen LogP contribution is -1.94. The van der Waals surface area contributed by atoms with E-state index < -0.39 is 0 Å². The predicted molar refractivity (Wildman–Crippen MR) is 62.1 cm³/mol. The van der Waals surface area contributed by atoms with Gasteiger partial charge in [-0.25, -0.2) is 0 Å². The van der Waals surface area contributed by atoms with Gasteiger partial charge in [0.05, 0.1) is 12.6 Å². The number of nitrogens with two attached hydrogens (primary N) is 1. The van der Waals surface area contributed by atoms with E-state index in [4.69, 9.17) is 10.5 Å². The Kier molecular flexibility index (Phi) is 2.58. The van der Waals surface area contributed by atoms with E-state index in [1.807, 2.05) is 12.1 Å². The molecule has 0 aliphatic rings. The third kappa shape index (κ3) is 1.57. The topological polar surface area (TPSA) is 71.3 Å². The third-order valence-electron chi connectivity index (χ3n) is 2.30. The number of hydrogen-bond acceptors (Lipinski definition) is 3. The summed E-state index contributed by atoms with van der Waals surface area (Å²) >= 11 is 3.27. The summed E-state index contributed by atoms with van der Waals surface area (Å²) in [5.74, 6) is 0.755. The molecule has 0 spiro atoms. The highest BCUT2D eigenvalue weighted by Gasteiger charge is 2.12. The van der Waals surface area contributed by atoms with Crippen molar-refractivity contribution in [3.63, 3.8) is 0 Å². The van der Waals surface area contributed by atoms with Crippen molar-refractivity contribution in [1.82, 2.24) is 4.98 Å². The van der Waals surface area contributed by atoms with Crippen molar-refractivity contribution in [2.24, 2.45) is 5.73 Å². The number of benzene rings is 1. The minimum absolute atomic E-state index is 0.167. The molecule has 0 aliphatic heterocycles. The van der Waals surface area contributed by atoms with Crippen LogP contribution in [0.1, 0.15) is 5.69 Å². The number of phenolic OH excluding ortho intramolecular Hbond substituents is 1. The Labute approximate surface area is 95.2 Å². The van der Waals surface area contributed by atoms with Crippen molar-refractivity contribution in [1.29, 1.82) is 0 Å². The predicted octanol–water partition coefficient (Wildman–Crippen LogP) is 2.10. The van der Waals surface area contributed by atoms with Gasteiger partial charge in [0.1, 0.15) is 16.0 Å². The molecule has 2 rings (SSSR count). The van der Waals surface area contributed by atoms with E-state index in [0.29, 0.717) is 16.8 Å². The Bertz CT molecular complexity index is 508. The smallest absolute Gasteiger partial charge is 0.142 e. The second-order valence-corrected chi connectivity index (χ2v) is 3.99. The molecule has 4 nitrogen and oxygen atoms in total. The van der Waals surface area contributed by atoms with Gasteiger partial charge in [0, 0.05) is 23.7 Å². The molecule has 0 amide bonds. The van der Waals surface area contributed by atoms with Gasteiger partial charge in [-0.3, -0.25) is 0 Å². The maximum Gasteiger partial charge on any atom is 0.142 e. The van der Waals surface area contributed by atoms with Crippen LogP contribution in [0.15, 0.2) is 16.6 Å². The van der Waals surface area contributed by atoms with Gasteiger partial charge in [-0.05, 0) is 22.0 Å². The molecule has 1 aromatic heterocycles. The number of rotatable bonds is 2. The fourth-order valence-electron chi connectivity index (χ4n) is 1.53. The largest absolute Gasteiger partial charge is 0.506 e. The zero-order valence-corrected chi connectivity index (χ0v) is 9.76. The van der Waals surface area contributed by atoms with E-state index in [-0.39, 0.29) is 5.75 Å². The van der Waals surface area contributed by atoms with E-state index in [2.05, 4.69) is 20.9 Å². The van der Waals surface area contributed by atoms with Crippen molar-refractivity contribution in [3.8, 4) is 11.5 Å². The van der Waals surface area contributed by atoms with Crippen LogP contribution in [-0.4, -0.2) is 17.2 Å². The zero-order chi connectivity index (χ0) is 11.0. The van der Waals surface area contributed by atoms with E-state index in [1.54, 1.807) is 7.11 Å². The molecular formula is C10H11BrN2O2. The number of methoxy groups -OCH3 is 1. The van der Waals surface area contributed by atoms with Crippen LogP contribution in [-0.2, 0) is 6.54 Å².